The Morgan fingerprint density at radius 1 is 1.38 bits per heavy atom. The summed E-state index contributed by atoms with van der Waals surface area (Å²) in [6, 6.07) is 6.44. The topological polar surface area (TPSA) is 40.6 Å². The highest BCUT2D eigenvalue weighted by Crippen LogP contribution is 2.23. The lowest BCUT2D eigenvalue weighted by atomic mass is 10.3. The number of carbonyl (C=O) groups is 2. The van der Waals surface area contributed by atoms with Crippen LogP contribution in [0.1, 0.15) is 6.92 Å². The third-order valence-electron chi connectivity index (χ3n) is 2.49. The summed E-state index contributed by atoms with van der Waals surface area (Å²) < 4.78 is 0. The van der Waals surface area contributed by atoms with Crippen molar-refractivity contribution in [2.45, 2.75) is 6.92 Å². The molecule has 0 aromatic heterocycles. The molecule has 0 spiro atoms. The minimum absolute atomic E-state index is 0.141. The number of nitrogens with zero attached hydrogens (tertiary/aromatic N) is 2. The predicted molar refractivity (Wildman–Crippen MR) is 61.6 cm³/mol. The molecule has 5 heteroatoms. The molecule has 84 valence electrons. The highest BCUT2D eigenvalue weighted by molar-refractivity contribution is 6.31. The van der Waals surface area contributed by atoms with Gasteiger partial charge in [-0.15, -0.1) is 0 Å². The maximum Gasteiger partial charge on any atom is 0.331 e. The zero-order valence-electron chi connectivity index (χ0n) is 8.81. The highest BCUT2D eigenvalue weighted by Gasteiger charge is 2.35. The molecule has 0 N–H and O–H groups in total. The van der Waals surface area contributed by atoms with Crippen LogP contribution in [0.2, 0.25) is 5.02 Å². The molecule has 1 saturated heterocycles. The SMILES string of the molecule is CCN1CC(=O)N(c2cccc(Cl)c2)C1=O. The van der Waals surface area contributed by atoms with Crippen molar-refractivity contribution in [2.75, 3.05) is 18.0 Å². The second-order valence-electron chi connectivity index (χ2n) is 3.51. The van der Waals surface area contributed by atoms with Crippen LogP contribution in [0.4, 0.5) is 10.5 Å². The van der Waals surface area contributed by atoms with Gasteiger partial charge in [0.2, 0.25) is 0 Å². The number of hydrogen-bond acceptors (Lipinski definition) is 2. The number of benzene rings is 1. The van der Waals surface area contributed by atoms with E-state index in [0.717, 1.165) is 4.90 Å². The van der Waals surface area contributed by atoms with Crippen molar-refractivity contribution in [2.24, 2.45) is 0 Å². The molecule has 0 atom stereocenters. The minimum Gasteiger partial charge on any atom is -0.315 e. The van der Waals surface area contributed by atoms with Gasteiger partial charge in [0.25, 0.3) is 5.91 Å². The average molecular weight is 239 g/mol. The Balaban J connectivity index is 2.34. The Morgan fingerprint density at radius 3 is 2.69 bits per heavy atom. The average Bonchev–Trinajstić information content (AvgIpc) is 2.53. The zero-order valence-corrected chi connectivity index (χ0v) is 9.57. The molecule has 0 radical (unpaired) electrons. The maximum atomic E-state index is 11.8. The van der Waals surface area contributed by atoms with Gasteiger partial charge in [-0.3, -0.25) is 4.79 Å². The third kappa shape index (κ3) is 1.76. The number of likely N-dealkylation sites (N-methyl/N-ethyl adjacent to an activating group) is 1. The second-order valence-corrected chi connectivity index (χ2v) is 3.94. The molecule has 4 nitrogen and oxygen atoms in total. The van der Waals surface area contributed by atoms with E-state index in [1.54, 1.807) is 24.3 Å². The first-order chi connectivity index (χ1) is 7.63. The quantitative estimate of drug-likeness (QED) is 0.741. The van der Waals surface area contributed by atoms with Crippen molar-refractivity contribution < 1.29 is 9.59 Å². The van der Waals surface area contributed by atoms with Gasteiger partial charge in [-0.25, -0.2) is 9.69 Å². The summed E-state index contributed by atoms with van der Waals surface area (Å²) >= 11 is 5.83. The van der Waals surface area contributed by atoms with Gasteiger partial charge in [0.1, 0.15) is 6.54 Å². The molecule has 1 aromatic rings. The van der Waals surface area contributed by atoms with E-state index >= 15 is 0 Å². The molecule has 3 amide bonds. The summed E-state index contributed by atoms with van der Waals surface area (Å²) in [6.45, 7) is 2.51. The summed E-state index contributed by atoms with van der Waals surface area (Å²) in [5.41, 5.74) is 0.526. The van der Waals surface area contributed by atoms with Crippen LogP contribution in [-0.2, 0) is 4.79 Å². The first-order valence-electron chi connectivity index (χ1n) is 5.01. The lowest BCUT2D eigenvalue weighted by molar-refractivity contribution is -0.116. The van der Waals surface area contributed by atoms with E-state index in [1.165, 1.54) is 4.90 Å². The molecule has 0 saturated carbocycles. The molecule has 1 fully saturated rings. The molecule has 0 bridgehead atoms. The largest absolute Gasteiger partial charge is 0.331 e. The number of urea groups is 1. The molecule has 2 rings (SSSR count). The van der Waals surface area contributed by atoms with Crippen LogP contribution in [0, 0.1) is 0 Å². The number of carbonyl (C=O) groups excluding carboxylic acids is 2. The van der Waals surface area contributed by atoms with Gasteiger partial charge >= 0.3 is 6.03 Å². The molecule has 0 unspecified atom stereocenters. The Bertz CT molecular complexity index is 447. The van der Waals surface area contributed by atoms with Crippen molar-refractivity contribution in [1.29, 1.82) is 0 Å². The standard InChI is InChI=1S/C11H11ClN2O2/c1-2-13-7-10(15)14(11(13)16)9-5-3-4-8(12)6-9/h3-6H,2,7H2,1H3. The summed E-state index contributed by atoms with van der Waals surface area (Å²) in [5.74, 6) is -0.214. The predicted octanol–water partition coefficient (Wildman–Crippen LogP) is 2.13. The molecule has 1 aliphatic heterocycles. The van der Waals surface area contributed by atoms with Crippen molar-refractivity contribution in [3.05, 3.63) is 29.3 Å². The molecular formula is C11H11ClN2O2. The van der Waals surface area contributed by atoms with Crippen LogP contribution in [0.25, 0.3) is 0 Å². The lowest BCUT2D eigenvalue weighted by Crippen LogP contribution is -2.32. The van der Waals surface area contributed by atoms with Crippen LogP contribution in [0.5, 0.6) is 0 Å². The Kier molecular flexibility index (Phi) is 2.83. The highest BCUT2D eigenvalue weighted by atomic mass is 35.5. The Hall–Kier alpha value is -1.55. The van der Waals surface area contributed by atoms with E-state index in [0.29, 0.717) is 17.3 Å². The fourth-order valence-corrected chi connectivity index (χ4v) is 1.85. The number of amides is 3. The second kappa shape index (κ2) is 4.14. The van der Waals surface area contributed by atoms with Crippen molar-refractivity contribution in [1.82, 2.24) is 4.90 Å². The van der Waals surface area contributed by atoms with Gasteiger partial charge in [0.15, 0.2) is 0 Å². The molecule has 1 aliphatic rings. The number of imide groups is 1. The van der Waals surface area contributed by atoms with Crippen LogP contribution in [0.3, 0.4) is 0 Å². The number of rotatable bonds is 2. The summed E-state index contributed by atoms with van der Waals surface area (Å²) in [6.07, 6.45) is 0. The molecular weight excluding hydrogens is 228 g/mol. The smallest absolute Gasteiger partial charge is 0.315 e. The summed E-state index contributed by atoms with van der Waals surface area (Å²) in [5, 5.41) is 0.507. The Labute approximate surface area is 98.4 Å². The van der Waals surface area contributed by atoms with Gasteiger partial charge in [-0.2, -0.15) is 0 Å². The lowest BCUT2D eigenvalue weighted by Gasteiger charge is -2.15. The van der Waals surface area contributed by atoms with E-state index in [1.807, 2.05) is 6.92 Å². The molecule has 1 heterocycles. The Morgan fingerprint density at radius 2 is 2.12 bits per heavy atom. The zero-order chi connectivity index (χ0) is 11.7. The van der Waals surface area contributed by atoms with Crippen LogP contribution >= 0.6 is 11.6 Å². The molecule has 16 heavy (non-hydrogen) atoms. The third-order valence-corrected chi connectivity index (χ3v) is 2.72. The van der Waals surface area contributed by atoms with Gasteiger partial charge in [0.05, 0.1) is 5.69 Å². The monoisotopic (exact) mass is 238 g/mol. The number of hydrogen-bond donors (Lipinski definition) is 0. The van der Waals surface area contributed by atoms with Crippen molar-refractivity contribution in [3.8, 4) is 0 Å². The van der Waals surface area contributed by atoms with Crippen LogP contribution in [0.15, 0.2) is 24.3 Å². The first-order valence-corrected chi connectivity index (χ1v) is 5.38. The van der Waals surface area contributed by atoms with Gasteiger partial charge in [0, 0.05) is 11.6 Å². The molecule has 0 aliphatic carbocycles. The number of anilines is 1. The van der Waals surface area contributed by atoms with Crippen molar-refractivity contribution >= 4 is 29.2 Å². The van der Waals surface area contributed by atoms with E-state index in [2.05, 4.69) is 0 Å². The summed E-state index contributed by atoms with van der Waals surface area (Å²) in [7, 11) is 0. The van der Waals surface area contributed by atoms with E-state index in [-0.39, 0.29) is 18.5 Å². The first kappa shape index (κ1) is 11.0. The number of halogens is 1. The fourth-order valence-electron chi connectivity index (χ4n) is 1.67. The molecule has 1 aromatic carbocycles. The van der Waals surface area contributed by atoms with E-state index in [9.17, 15) is 9.59 Å². The van der Waals surface area contributed by atoms with Crippen molar-refractivity contribution in [3.63, 3.8) is 0 Å². The summed E-state index contributed by atoms with van der Waals surface area (Å²) in [4.78, 5) is 26.2. The minimum atomic E-state index is -0.283. The van der Waals surface area contributed by atoms with Crippen LogP contribution in [-0.4, -0.2) is 29.9 Å². The van der Waals surface area contributed by atoms with E-state index < -0.39 is 0 Å². The van der Waals surface area contributed by atoms with Gasteiger partial charge < -0.3 is 4.90 Å². The maximum absolute atomic E-state index is 11.8. The van der Waals surface area contributed by atoms with Gasteiger partial charge in [-0.05, 0) is 25.1 Å². The normalized spacial score (nSPS) is 16.1. The van der Waals surface area contributed by atoms with Crippen LogP contribution < -0.4 is 4.90 Å². The van der Waals surface area contributed by atoms with Gasteiger partial charge in [-0.1, -0.05) is 17.7 Å². The van der Waals surface area contributed by atoms with E-state index in [4.69, 9.17) is 11.6 Å². The fraction of sp³-hybridized carbons (Fsp3) is 0.273.